The van der Waals surface area contributed by atoms with E-state index in [-0.39, 0.29) is 24.7 Å². The summed E-state index contributed by atoms with van der Waals surface area (Å²) in [6.07, 6.45) is 4.27. The van der Waals surface area contributed by atoms with Gasteiger partial charge < -0.3 is 20.1 Å². The van der Waals surface area contributed by atoms with Crippen LogP contribution in [-0.4, -0.2) is 41.3 Å². The van der Waals surface area contributed by atoms with Gasteiger partial charge in [-0.15, -0.1) is 11.3 Å². The van der Waals surface area contributed by atoms with Crippen molar-refractivity contribution in [2.24, 2.45) is 11.8 Å². The summed E-state index contributed by atoms with van der Waals surface area (Å²) in [5.41, 5.74) is 6.86. The van der Waals surface area contributed by atoms with Gasteiger partial charge in [0.1, 0.15) is 0 Å². The highest BCUT2D eigenvalue weighted by atomic mass is 32.1. The summed E-state index contributed by atoms with van der Waals surface area (Å²) >= 11 is 1.49. The number of aromatic nitrogens is 1. The normalized spacial score (nSPS) is 17.1. The quantitative estimate of drug-likeness (QED) is 0.487. The zero-order valence-electron chi connectivity index (χ0n) is 17.4. The Kier molecular flexibility index (Phi) is 8.54. The number of aryl methyl sites for hydroxylation is 1. The van der Waals surface area contributed by atoms with Gasteiger partial charge in [-0.1, -0.05) is 27.7 Å². The third kappa shape index (κ3) is 6.09. The minimum Gasteiger partial charge on any atom is -0.428 e. The van der Waals surface area contributed by atoms with E-state index in [1.165, 1.54) is 11.3 Å². The predicted octanol–water partition coefficient (Wildman–Crippen LogP) is 4.00. The number of esters is 1. The van der Waals surface area contributed by atoms with E-state index in [2.05, 4.69) is 18.8 Å². The lowest BCUT2D eigenvalue weighted by atomic mass is 9.95. The van der Waals surface area contributed by atoms with Crippen molar-refractivity contribution in [1.82, 2.24) is 9.88 Å². The van der Waals surface area contributed by atoms with E-state index in [4.69, 9.17) is 15.2 Å². The molecule has 8 heteroatoms. The molecule has 1 aromatic rings. The monoisotopic (exact) mass is 411 g/mol. The van der Waals surface area contributed by atoms with Crippen LogP contribution in [0.1, 0.15) is 63.9 Å². The third-order valence-corrected chi connectivity index (χ3v) is 5.98. The molecule has 0 aromatic carbocycles. The highest BCUT2D eigenvalue weighted by molar-refractivity contribution is 7.15. The summed E-state index contributed by atoms with van der Waals surface area (Å²) in [6, 6.07) is 0.0554. The number of amides is 1. The lowest BCUT2D eigenvalue weighted by Gasteiger charge is -2.32. The molecule has 0 aliphatic heterocycles. The molecule has 0 spiro atoms. The number of nitrogens with two attached hydrogens (primary N) is 1. The van der Waals surface area contributed by atoms with Crippen molar-refractivity contribution in [3.63, 3.8) is 0 Å². The van der Waals surface area contributed by atoms with Crippen molar-refractivity contribution >= 4 is 28.5 Å². The van der Waals surface area contributed by atoms with Gasteiger partial charge in [0.2, 0.25) is 6.79 Å². The number of hydrogen-bond acceptors (Lipinski definition) is 7. The fourth-order valence-electron chi connectivity index (χ4n) is 3.64. The molecule has 1 aliphatic rings. The molecule has 2 atom stereocenters. The molecule has 1 aromatic heterocycles. The van der Waals surface area contributed by atoms with Gasteiger partial charge in [0.05, 0.1) is 11.6 Å². The van der Waals surface area contributed by atoms with E-state index in [9.17, 15) is 9.59 Å². The molecule has 2 rings (SSSR count). The van der Waals surface area contributed by atoms with Gasteiger partial charge >= 0.3 is 12.1 Å². The van der Waals surface area contributed by atoms with Crippen molar-refractivity contribution in [2.75, 3.05) is 19.1 Å². The fraction of sp³-hybridized carbons (Fsp3) is 0.750. The maximum absolute atomic E-state index is 12.6. The van der Waals surface area contributed by atoms with Crippen molar-refractivity contribution in [3.05, 3.63) is 10.6 Å². The molecule has 2 N–H and O–H groups in total. The smallest absolute Gasteiger partial charge is 0.412 e. The Morgan fingerprint density at radius 2 is 2.07 bits per heavy atom. The van der Waals surface area contributed by atoms with Crippen LogP contribution in [0.2, 0.25) is 0 Å². The molecule has 7 nitrogen and oxygen atoms in total. The number of rotatable bonds is 9. The van der Waals surface area contributed by atoms with Crippen LogP contribution in [0.3, 0.4) is 0 Å². The summed E-state index contributed by atoms with van der Waals surface area (Å²) in [6.45, 7) is 8.41. The number of fused-ring (bicyclic) bond motifs is 1. The topological polar surface area (TPSA) is 94.8 Å². The Balaban J connectivity index is 1.88. The molecular weight excluding hydrogens is 378 g/mol. The first kappa shape index (κ1) is 22.5. The van der Waals surface area contributed by atoms with E-state index < -0.39 is 6.09 Å². The maximum Gasteiger partial charge on any atom is 0.412 e. The number of anilines is 1. The second kappa shape index (κ2) is 10.6. The third-order valence-electron chi connectivity index (χ3n) is 5.04. The average molecular weight is 412 g/mol. The van der Waals surface area contributed by atoms with Crippen molar-refractivity contribution < 1.29 is 19.1 Å². The lowest BCUT2D eigenvalue weighted by molar-refractivity contribution is -0.158. The summed E-state index contributed by atoms with van der Waals surface area (Å²) < 4.78 is 10.5. The Labute approximate surface area is 171 Å². The molecular formula is C20H33N3O4S. The Hall–Kier alpha value is -1.83. The van der Waals surface area contributed by atoms with Crippen LogP contribution in [-0.2, 0) is 27.1 Å². The molecule has 1 aliphatic carbocycles. The minimum atomic E-state index is -0.433. The fourth-order valence-corrected chi connectivity index (χ4v) is 4.59. The van der Waals surface area contributed by atoms with Crippen LogP contribution in [0.25, 0.3) is 0 Å². The van der Waals surface area contributed by atoms with Gasteiger partial charge in [-0.05, 0) is 38.0 Å². The highest BCUT2D eigenvalue weighted by Gasteiger charge is 2.30. The van der Waals surface area contributed by atoms with Gasteiger partial charge in [-0.2, -0.15) is 0 Å². The minimum absolute atomic E-state index is 0.0554. The first-order chi connectivity index (χ1) is 13.3. The zero-order valence-corrected chi connectivity index (χ0v) is 18.2. The molecule has 1 amide bonds. The summed E-state index contributed by atoms with van der Waals surface area (Å²) in [7, 11) is 0. The Morgan fingerprint density at radius 3 is 2.71 bits per heavy atom. The standard InChI is InChI=1S/C20H33N3O4S/c1-5-9-23(15-7-8-16-17(11-15)28-19(21)22-16)20(25)27-12-26-18(24)14(6-2)10-13(3)4/h13-15H,5-12H2,1-4H3,(H2,21,22). The lowest BCUT2D eigenvalue weighted by Crippen LogP contribution is -2.44. The molecule has 0 fully saturated rings. The molecule has 2 unspecified atom stereocenters. The van der Waals surface area contributed by atoms with Crippen LogP contribution < -0.4 is 5.73 Å². The molecule has 0 bridgehead atoms. The van der Waals surface area contributed by atoms with Gasteiger partial charge in [-0.25, -0.2) is 9.78 Å². The van der Waals surface area contributed by atoms with Crippen molar-refractivity contribution in [3.8, 4) is 0 Å². The van der Waals surface area contributed by atoms with Crippen molar-refractivity contribution in [2.45, 2.75) is 72.3 Å². The van der Waals surface area contributed by atoms with Gasteiger partial charge in [-0.3, -0.25) is 4.79 Å². The molecule has 0 saturated carbocycles. The van der Waals surface area contributed by atoms with E-state index >= 15 is 0 Å². The summed E-state index contributed by atoms with van der Waals surface area (Å²) in [4.78, 5) is 32.1. The molecule has 0 radical (unpaired) electrons. The number of thiazole rings is 1. The number of carbonyl (C=O) groups is 2. The average Bonchev–Trinajstić information content (AvgIpc) is 3.02. The summed E-state index contributed by atoms with van der Waals surface area (Å²) in [5, 5.41) is 0.578. The van der Waals surface area contributed by atoms with E-state index in [1.807, 2.05) is 13.8 Å². The molecule has 0 saturated heterocycles. The number of hydrogen-bond donors (Lipinski definition) is 1. The van der Waals surface area contributed by atoms with Gasteiger partial charge in [0, 0.05) is 23.9 Å². The molecule has 1 heterocycles. The van der Waals surface area contributed by atoms with Gasteiger partial charge in [0.25, 0.3) is 0 Å². The van der Waals surface area contributed by atoms with Crippen LogP contribution in [0.4, 0.5) is 9.93 Å². The predicted molar refractivity (Wildman–Crippen MR) is 110 cm³/mol. The van der Waals surface area contributed by atoms with E-state index in [1.54, 1.807) is 4.90 Å². The van der Waals surface area contributed by atoms with Crippen LogP contribution in [0.15, 0.2) is 0 Å². The van der Waals surface area contributed by atoms with Crippen LogP contribution in [0.5, 0.6) is 0 Å². The molecule has 158 valence electrons. The highest BCUT2D eigenvalue weighted by Crippen LogP contribution is 2.30. The Bertz CT molecular complexity index is 662. The van der Waals surface area contributed by atoms with Crippen LogP contribution in [0, 0.1) is 11.8 Å². The molecule has 28 heavy (non-hydrogen) atoms. The Morgan fingerprint density at radius 1 is 1.32 bits per heavy atom. The van der Waals surface area contributed by atoms with Crippen molar-refractivity contribution in [1.29, 1.82) is 0 Å². The number of ether oxygens (including phenoxy) is 2. The first-order valence-electron chi connectivity index (χ1n) is 10.2. The number of nitrogen functional groups attached to an aromatic ring is 1. The SMILES string of the molecule is CCCN(C(=O)OCOC(=O)C(CC)CC(C)C)C1CCc2nc(N)sc2C1. The maximum atomic E-state index is 12.6. The van der Waals surface area contributed by atoms with Gasteiger partial charge in [0.15, 0.2) is 5.13 Å². The summed E-state index contributed by atoms with van der Waals surface area (Å²) in [5.74, 6) is -0.0375. The zero-order chi connectivity index (χ0) is 20.7. The number of nitrogens with zero attached hydrogens (tertiary/aromatic N) is 2. The van der Waals surface area contributed by atoms with E-state index in [0.717, 1.165) is 49.1 Å². The number of carbonyl (C=O) groups excluding carboxylic acids is 2. The van der Waals surface area contributed by atoms with Crippen LogP contribution >= 0.6 is 11.3 Å². The van der Waals surface area contributed by atoms with E-state index in [0.29, 0.717) is 17.6 Å². The second-order valence-electron chi connectivity index (χ2n) is 7.74. The largest absolute Gasteiger partial charge is 0.428 e. The first-order valence-corrected chi connectivity index (χ1v) is 11.0. The second-order valence-corrected chi connectivity index (χ2v) is 8.85.